The number of para-hydroxylation sites is 1. The topological polar surface area (TPSA) is 66.8 Å². The number of likely N-dealkylation sites (tertiary alicyclic amines) is 1. The predicted octanol–water partition coefficient (Wildman–Crippen LogP) is 3.41. The van der Waals surface area contributed by atoms with Crippen molar-refractivity contribution in [2.24, 2.45) is 5.92 Å². The highest BCUT2D eigenvalue weighted by Gasteiger charge is 2.40. The normalized spacial score (nSPS) is 19.5. The van der Waals surface area contributed by atoms with E-state index < -0.39 is 41.9 Å². The largest absolute Gasteiger partial charge is 0.483 e. The number of halogens is 3. The Kier molecular flexibility index (Phi) is 5.58. The molecule has 0 saturated carbocycles. The highest BCUT2D eigenvalue weighted by atomic mass is 19.4. The van der Waals surface area contributed by atoms with Crippen LogP contribution in [0.15, 0.2) is 54.6 Å². The molecule has 1 aliphatic heterocycles. The number of rotatable bonds is 5. The summed E-state index contributed by atoms with van der Waals surface area (Å²) in [6.45, 7) is -0.441. The van der Waals surface area contributed by atoms with Gasteiger partial charge in [0, 0.05) is 19.0 Å². The van der Waals surface area contributed by atoms with Crippen molar-refractivity contribution in [1.29, 1.82) is 0 Å². The zero-order valence-corrected chi connectivity index (χ0v) is 14.7. The molecule has 5 nitrogen and oxygen atoms in total. The lowest BCUT2D eigenvalue weighted by atomic mass is 9.89. The van der Waals surface area contributed by atoms with E-state index in [0.717, 1.165) is 17.7 Å². The summed E-state index contributed by atoms with van der Waals surface area (Å²) in [5.41, 5.74) is -0.164. The maximum atomic E-state index is 13.0. The highest BCUT2D eigenvalue weighted by molar-refractivity contribution is 5.80. The quantitative estimate of drug-likeness (QED) is 0.846. The molecule has 0 bridgehead atoms. The third kappa shape index (κ3) is 4.27. The molecule has 2 aromatic rings. The smallest absolute Gasteiger partial charge is 0.419 e. The van der Waals surface area contributed by atoms with E-state index in [1.807, 2.05) is 6.07 Å². The molecule has 1 amide bonds. The van der Waals surface area contributed by atoms with Crippen LogP contribution in [-0.2, 0) is 15.8 Å². The third-order valence-corrected chi connectivity index (χ3v) is 4.76. The van der Waals surface area contributed by atoms with Crippen LogP contribution in [0.2, 0.25) is 0 Å². The number of alkyl halides is 3. The molecule has 1 heterocycles. The number of aliphatic carboxylic acids is 1. The summed E-state index contributed by atoms with van der Waals surface area (Å²) in [7, 11) is 0. The second-order valence-corrected chi connectivity index (χ2v) is 6.54. The number of carbonyl (C=O) groups excluding carboxylic acids is 1. The van der Waals surface area contributed by atoms with Gasteiger partial charge in [-0.3, -0.25) is 9.59 Å². The number of benzene rings is 2. The molecule has 1 N–H and O–H groups in total. The number of carboxylic acids is 1. The summed E-state index contributed by atoms with van der Waals surface area (Å²) in [5.74, 6) is -3.18. The first-order chi connectivity index (χ1) is 13.3. The van der Waals surface area contributed by atoms with Crippen molar-refractivity contribution >= 4 is 11.9 Å². The maximum Gasteiger partial charge on any atom is 0.419 e. The van der Waals surface area contributed by atoms with Gasteiger partial charge in [0.2, 0.25) is 0 Å². The second kappa shape index (κ2) is 7.92. The highest BCUT2D eigenvalue weighted by Crippen LogP contribution is 2.36. The Morgan fingerprint density at radius 3 is 2.32 bits per heavy atom. The van der Waals surface area contributed by atoms with Crippen molar-refractivity contribution in [3.8, 4) is 5.75 Å². The average Bonchev–Trinajstić information content (AvgIpc) is 3.12. The minimum Gasteiger partial charge on any atom is -0.483 e. The molecule has 3 rings (SSSR count). The fraction of sp³-hybridized carbons (Fsp3) is 0.300. The molecule has 148 valence electrons. The average molecular weight is 393 g/mol. The van der Waals surface area contributed by atoms with Crippen LogP contribution in [-0.4, -0.2) is 41.6 Å². The first kappa shape index (κ1) is 19.7. The number of ether oxygens (including phenoxy) is 1. The van der Waals surface area contributed by atoms with Gasteiger partial charge in [0.25, 0.3) is 5.91 Å². The van der Waals surface area contributed by atoms with Crippen LogP contribution in [0.5, 0.6) is 5.75 Å². The zero-order chi connectivity index (χ0) is 20.3. The first-order valence-electron chi connectivity index (χ1n) is 8.62. The van der Waals surface area contributed by atoms with Crippen LogP contribution in [0.3, 0.4) is 0 Å². The fourth-order valence-electron chi connectivity index (χ4n) is 3.35. The summed E-state index contributed by atoms with van der Waals surface area (Å²) in [6.07, 6.45) is -4.60. The van der Waals surface area contributed by atoms with E-state index in [4.69, 9.17) is 4.74 Å². The molecule has 1 fully saturated rings. The summed E-state index contributed by atoms with van der Waals surface area (Å²) >= 11 is 0. The molecule has 1 saturated heterocycles. The van der Waals surface area contributed by atoms with E-state index in [9.17, 15) is 27.9 Å². The number of hydrogen-bond donors (Lipinski definition) is 1. The number of carboxylic acid groups (broad SMARTS) is 1. The van der Waals surface area contributed by atoms with Crippen molar-refractivity contribution in [3.63, 3.8) is 0 Å². The molecule has 0 spiro atoms. The lowest BCUT2D eigenvalue weighted by Crippen LogP contribution is -2.34. The molecule has 1 aliphatic rings. The fourth-order valence-corrected chi connectivity index (χ4v) is 3.35. The zero-order valence-electron chi connectivity index (χ0n) is 14.7. The van der Waals surface area contributed by atoms with E-state index >= 15 is 0 Å². The van der Waals surface area contributed by atoms with Gasteiger partial charge in [-0.1, -0.05) is 42.5 Å². The lowest BCUT2D eigenvalue weighted by Gasteiger charge is -2.18. The van der Waals surface area contributed by atoms with Gasteiger partial charge in [0.1, 0.15) is 5.75 Å². The molecular formula is C20H18F3NO4. The monoisotopic (exact) mass is 393 g/mol. The molecule has 2 aromatic carbocycles. The van der Waals surface area contributed by atoms with Crippen molar-refractivity contribution in [1.82, 2.24) is 4.90 Å². The lowest BCUT2D eigenvalue weighted by molar-refractivity contribution is -0.143. The van der Waals surface area contributed by atoms with E-state index in [1.54, 1.807) is 24.3 Å². The summed E-state index contributed by atoms with van der Waals surface area (Å²) < 4.78 is 44.2. The first-order valence-corrected chi connectivity index (χ1v) is 8.62. The molecule has 8 heteroatoms. The van der Waals surface area contributed by atoms with E-state index in [2.05, 4.69) is 0 Å². The van der Waals surface area contributed by atoms with Gasteiger partial charge < -0.3 is 14.7 Å². The van der Waals surface area contributed by atoms with Gasteiger partial charge in [0.15, 0.2) is 6.61 Å². The summed E-state index contributed by atoms with van der Waals surface area (Å²) in [4.78, 5) is 25.4. The Bertz CT molecular complexity index is 854. The van der Waals surface area contributed by atoms with Crippen LogP contribution >= 0.6 is 0 Å². The Hall–Kier alpha value is -3.03. The standard InChI is InChI=1S/C20H18F3NO4/c21-20(22,23)16-8-4-5-9-17(16)28-12-18(25)24-10-14(15(11-24)19(26)27)13-6-2-1-3-7-13/h1-9,14-15H,10-12H2,(H,26,27)/t14-,15-/m1/s1. The van der Waals surface area contributed by atoms with Crippen molar-refractivity contribution in [2.45, 2.75) is 12.1 Å². The Morgan fingerprint density at radius 2 is 1.68 bits per heavy atom. The van der Waals surface area contributed by atoms with Gasteiger partial charge in [-0.15, -0.1) is 0 Å². The molecular weight excluding hydrogens is 375 g/mol. The number of hydrogen-bond acceptors (Lipinski definition) is 3. The molecule has 0 aliphatic carbocycles. The molecule has 2 atom stereocenters. The number of amides is 1. The maximum absolute atomic E-state index is 13.0. The van der Waals surface area contributed by atoms with E-state index in [1.165, 1.54) is 17.0 Å². The van der Waals surface area contributed by atoms with Crippen molar-refractivity contribution < 1.29 is 32.6 Å². The van der Waals surface area contributed by atoms with Crippen molar-refractivity contribution in [2.75, 3.05) is 19.7 Å². The van der Waals surface area contributed by atoms with Gasteiger partial charge in [-0.05, 0) is 17.7 Å². The molecule has 0 radical (unpaired) electrons. The molecule has 0 unspecified atom stereocenters. The van der Waals surface area contributed by atoms with Crippen LogP contribution in [0.25, 0.3) is 0 Å². The predicted molar refractivity (Wildman–Crippen MR) is 93.8 cm³/mol. The van der Waals surface area contributed by atoms with Crippen LogP contribution in [0, 0.1) is 5.92 Å². The summed E-state index contributed by atoms with van der Waals surface area (Å²) in [6, 6.07) is 13.6. The van der Waals surface area contributed by atoms with Crippen LogP contribution < -0.4 is 4.74 Å². The van der Waals surface area contributed by atoms with Gasteiger partial charge >= 0.3 is 12.1 Å². The minimum atomic E-state index is -4.60. The third-order valence-electron chi connectivity index (χ3n) is 4.76. The van der Waals surface area contributed by atoms with Crippen LogP contribution in [0.1, 0.15) is 17.0 Å². The van der Waals surface area contributed by atoms with Gasteiger partial charge in [-0.2, -0.15) is 13.2 Å². The SMILES string of the molecule is O=C(O)[C@@H]1CN(C(=O)COc2ccccc2C(F)(F)F)C[C@@H]1c1ccccc1. The Labute approximate surface area is 159 Å². The summed E-state index contributed by atoms with van der Waals surface area (Å²) in [5, 5.41) is 9.48. The minimum absolute atomic E-state index is 0.0159. The molecule has 0 aromatic heterocycles. The van der Waals surface area contributed by atoms with Gasteiger partial charge in [-0.25, -0.2) is 0 Å². The Morgan fingerprint density at radius 1 is 1.04 bits per heavy atom. The number of carbonyl (C=O) groups is 2. The van der Waals surface area contributed by atoms with Crippen molar-refractivity contribution in [3.05, 3.63) is 65.7 Å². The van der Waals surface area contributed by atoms with E-state index in [-0.39, 0.29) is 19.0 Å². The van der Waals surface area contributed by atoms with Gasteiger partial charge in [0.05, 0.1) is 11.5 Å². The Balaban J connectivity index is 1.70. The molecule has 28 heavy (non-hydrogen) atoms. The van der Waals surface area contributed by atoms with E-state index in [0.29, 0.717) is 0 Å². The second-order valence-electron chi connectivity index (χ2n) is 6.54. The van der Waals surface area contributed by atoms with Crippen LogP contribution in [0.4, 0.5) is 13.2 Å². The number of nitrogens with zero attached hydrogens (tertiary/aromatic N) is 1.